The maximum atomic E-state index is 5.61. The Hall–Kier alpha value is -1.68. The molecule has 0 atom stereocenters. The first-order valence-corrected chi connectivity index (χ1v) is 6.69. The number of fused-ring (bicyclic) bond motifs is 1. The molecule has 1 aromatic heterocycles. The SMILES string of the molecule is CCn1cc(CCCN)c2cc(OC)c(OC)cc21. The highest BCUT2D eigenvalue weighted by Crippen LogP contribution is 2.35. The molecule has 0 unspecified atom stereocenters. The number of aryl methyl sites for hydroxylation is 2. The lowest BCUT2D eigenvalue weighted by atomic mass is 10.1. The molecule has 0 saturated carbocycles. The van der Waals surface area contributed by atoms with Gasteiger partial charge in [0.05, 0.1) is 19.7 Å². The van der Waals surface area contributed by atoms with Gasteiger partial charge in [-0.05, 0) is 37.9 Å². The van der Waals surface area contributed by atoms with Gasteiger partial charge in [-0.15, -0.1) is 0 Å². The molecule has 0 bridgehead atoms. The van der Waals surface area contributed by atoms with Gasteiger partial charge in [0, 0.05) is 24.2 Å². The van der Waals surface area contributed by atoms with Crippen LogP contribution in [0.3, 0.4) is 0 Å². The zero-order valence-corrected chi connectivity index (χ0v) is 11.9. The first-order chi connectivity index (χ1) is 9.24. The Bertz CT molecular complexity index is 561. The summed E-state index contributed by atoms with van der Waals surface area (Å²) >= 11 is 0. The normalized spacial score (nSPS) is 10.9. The van der Waals surface area contributed by atoms with E-state index in [0.717, 1.165) is 30.9 Å². The van der Waals surface area contributed by atoms with Crippen LogP contribution < -0.4 is 15.2 Å². The lowest BCUT2D eigenvalue weighted by molar-refractivity contribution is 0.355. The largest absolute Gasteiger partial charge is 0.493 e. The van der Waals surface area contributed by atoms with Gasteiger partial charge in [-0.25, -0.2) is 0 Å². The van der Waals surface area contributed by atoms with Crippen molar-refractivity contribution in [1.82, 2.24) is 4.57 Å². The van der Waals surface area contributed by atoms with E-state index in [9.17, 15) is 0 Å². The van der Waals surface area contributed by atoms with Gasteiger partial charge in [0.2, 0.25) is 0 Å². The maximum absolute atomic E-state index is 5.61. The van der Waals surface area contributed by atoms with Gasteiger partial charge >= 0.3 is 0 Å². The highest BCUT2D eigenvalue weighted by molar-refractivity contribution is 5.87. The molecule has 0 aliphatic rings. The van der Waals surface area contributed by atoms with E-state index >= 15 is 0 Å². The second kappa shape index (κ2) is 5.97. The van der Waals surface area contributed by atoms with E-state index in [1.54, 1.807) is 14.2 Å². The van der Waals surface area contributed by atoms with E-state index in [-0.39, 0.29) is 0 Å². The zero-order chi connectivity index (χ0) is 13.8. The third-order valence-electron chi connectivity index (χ3n) is 3.46. The Labute approximate surface area is 114 Å². The highest BCUT2D eigenvalue weighted by Gasteiger charge is 2.13. The third kappa shape index (κ3) is 2.54. The summed E-state index contributed by atoms with van der Waals surface area (Å²) in [6, 6.07) is 4.11. The molecule has 104 valence electrons. The molecule has 2 N–H and O–H groups in total. The van der Waals surface area contributed by atoms with Crippen LogP contribution in [0.1, 0.15) is 18.9 Å². The van der Waals surface area contributed by atoms with Gasteiger partial charge in [0.1, 0.15) is 0 Å². The van der Waals surface area contributed by atoms with Gasteiger partial charge in [0.15, 0.2) is 11.5 Å². The minimum Gasteiger partial charge on any atom is -0.493 e. The summed E-state index contributed by atoms with van der Waals surface area (Å²) in [5.41, 5.74) is 8.12. The van der Waals surface area contributed by atoms with E-state index < -0.39 is 0 Å². The highest BCUT2D eigenvalue weighted by atomic mass is 16.5. The summed E-state index contributed by atoms with van der Waals surface area (Å²) in [7, 11) is 3.33. The number of ether oxygens (including phenoxy) is 2. The predicted molar refractivity (Wildman–Crippen MR) is 78.1 cm³/mol. The summed E-state index contributed by atoms with van der Waals surface area (Å²) in [6.45, 7) is 3.80. The molecular formula is C15H22N2O2. The minimum absolute atomic E-state index is 0.714. The average molecular weight is 262 g/mol. The van der Waals surface area contributed by atoms with Crippen molar-refractivity contribution in [2.45, 2.75) is 26.3 Å². The van der Waals surface area contributed by atoms with Gasteiger partial charge in [-0.3, -0.25) is 0 Å². The number of methoxy groups -OCH3 is 2. The van der Waals surface area contributed by atoms with Crippen LogP contribution in [0.2, 0.25) is 0 Å². The Morgan fingerprint density at radius 3 is 2.42 bits per heavy atom. The molecule has 0 spiro atoms. The molecule has 2 aromatic rings. The Kier molecular flexibility index (Phi) is 4.32. The summed E-state index contributed by atoms with van der Waals surface area (Å²) < 4.78 is 13.0. The number of hydrogen-bond acceptors (Lipinski definition) is 3. The van der Waals surface area contributed by atoms with Crippen LogP contribution in [-0.4, -0.2) is 25.3 Å². The monoisotopic (exact) mass is 262 g/mol. The van der Waals surface area contributed by atoms with Crippen molar-refractivity contribution in [3.05, 3.63) is 23.9 Å². The Balaban J connectivity index is 2.58. The quantitative estimate of drug-likeness (QED) is 0.870. The van der Waals surface area contributed by atoms with Crippen LogP contribution in [-0.2, 0) is 13.0 Å². The molecule has 0 aliphatic heterocycles. The molecule has 0 aliphatic carbocycles. The van der Waals surface area contributed by atoms with Crippen molar-refractivity contribution in [2.75, 3.05) is 20.8 Å². The summed E-state index contributed by atoms with van der Waals surface area (Å²) in [4.78, 5) is 0. The van der Waals surface area contributed by atoms with Crippen molar-refractivity contribution >= 4 is 10.9 Å². The number of nitrogens with zero attached hydrogens (tertiary/aromatic N) is 1. The molecule has 4 heteroatoms. The Morgan fingerprint density at radius 2 is 1.84 bits per heavy atom. The van der Waals surface area contributed by atoms with Crippen molar-refractivity contribution < 1.29 is 9.47 Å². The van der Waals surface area contributed by atoms with E-state index in [1.165, 1.54) is 16.5 Å². The summed E-state index contributed by atoms with van der Waals surface area (Å²) in [5, 5.41) is 1.23. The molecule has 1 aromatic carbocycles. The fourth-order valence-corrected chi connectivity index (χ4v) is 2.44. The van der Waals surface area contributed by atoms with Gasteiger partial charge < -0.3 is 19.8 Å². The molecular weight excluding hydrogens is 240 g/mol. The second-order valence-electron chi connectivity index (χ2n) is 4.56. The fourth-order valence-electron chi connectivity index (χ4n) is 2.44. The van der Waals surface area contributed by atoms with Crippen molar-refractivity contribution in [3.8, 4) is 11.5 Å². The number of nitrogens with two attached hydrogens (primary N) is 1. The van der Waals surface area contributed by atoms with E-state index in [2.05, 4.69) is 23.8 Å². The molecule has 19 heavy (non-hydrogen) atoms. The van der Waals surface area contributed by atoms with Crippen molar-refractivity contribution in [2.24, 2.45) is 5.73 Å². The summed E-state index contributed by atoms with van der Waals surface area (Å²) in [5.74, 6) is 1.55. The minimum atomic E-state index is 0.714. The molecule has 1 heterocycles. The van der Waals surface area contributed by atoms with Crippen molar-refractivity contribution in [1.29, 1.82) is 0 Å². The van der Waals surface area contributed by atoms with E-state index in [1.807, 2.05) is 6.07 Å². The number of benzene rings is 1. The maximum Gasteiger partial charge on any atom is 0.162 e. The van der Waals surface area contributed by atoms with E-state index in [4.69, 9.17) is 15.2 Å². The molecule has 4 nitrogen and oxygen atoms in total. The number of aromatic nitrogens is 1. The van der Waals surface area contributed by atoms with Crippen LogP contribution in [0.15, 0.2) is 18.3 Å². The molecule has 2 rings (SSSR count). The standard InChI is InChI=1S/C15H22N2O2/c1-4-17-10-11(6-5-7-16)12-8-14(18-2)15(19-3)9-13(12)17/h8-10H,4-7,16H2,1-3H3. The third-order valence-corrected chi connectivity index (χ3v) is 3.46. The Morgan fingerprint density at radius 1 is 1.16 bits per heavy atom. The van der Waals surface area contributed by atoms with Gasteiger partial charge in [-0.2, -0.15) is 0 Å². The van der Waals surface area contributed by atoms with Crippen LogP contribution >= 0.6 is 0 Å². The summed E-state index contributed by atoms with van der Waals surface area (Å²) in [6.07, 6.45) is 4.20. The van der Waals surface area contributed by atoms with Crippen LogP contribution in [0.4, 0.5) is 0 Å². The van der Waals surface area contributed by atoms with Crippen LogP contribution in [0.25, 0.3) is 10.9 Å². The molecule has 0 saturated heterocycles. The first-order valence-electron chi connectivity index (χ1n) is 6.69. The number of hydrogen-bond donors (Lipinski definition) is 1. The first kappa shape index (κ1) is 13.7. The van der Waals surface area contributed by atoms with E-state index in [0.29, 0.717) is 6.54 Å². The molecule has 0 amide bonds. The fraction of sp³-hybridized carbons (Fsp3) is 0.467. The topological polar surface area (TPSA) is 49.4 Å². The van der Waals surface area contributed by atoms with Crippen LogP contribution in [0, 0.1) is 0 Å². The van der Waals surface area contributed by atoms with Gasteiger partial charge in [-0.1, -0.05) is 0 Å². The lowest BCUT2D eigenvalue weighted by Gasteiger charge is -2.09. The lowest BCUT2D eigenvalue weighted by Crippen LogP contribution is -2.00. The van der Waals surface area contributed by atoms with Crippen molar-refractivity contribution in [3.63, 3.8) is 0 Å². The van der Waals surface area contributed by atoms with Crippen LogP contribution in [0.5, 0.6) is 11.5 Å². The average Bonchev–Trinajstić information content (AvgIpc) is 2.80. The number of rotatable bonds is 6. The molecule has 0 radical (unpaired) electrons. The zero-order valence-electron chi connectivity index (χ0n) is 11.9. The predicted octanol–water partition coefficient (Wildman–Crippen LogP) is 2.57. The second-order valence-corrected chi connectivity index (χ2v) is 4.56. The molecule has 0 fully saturated rings. The smallest absolute Gasteiger partial charge is 0.162 e. The van der Waals surface area contributed by atoms with Gasteiger partial charge in [0.25, 0.3) is 0 Å².